The molecular formula is C11H23NO2S. The molecule has 0 spiro atoms. The van der Waals surface area contributed by atoms with Gasteiger partial charge in [-0.05, 0) is 31.1 Å². The molecule has 4 heteroatoms. The maximum Gasteiger partial charge on any atom is 0.211 e. The molecule has 0 unspecified atom stereocenters. The lowest BCUT2D eigenvalue weighted by Gasteiger charge is -2.26. The van der Waals surface area contributed by atoms with Gasteiger partial charge in [-0.25, -0.2) is 13.1 Å². The van der Waals surface area contributed by atoms with Gasteiger partial charge < -0.3 is 0 Å². The summed E-state index contributed by atoms with van der Waals surface area (Å²) < 4.78 is 25.6. The highest BCUT2D eigenvalue weighted by Crippen LogP contribution is 2.27. The number of hydrogen-bond acceptors (Lipinski definition) is 2. The molecule has 1 aliphatic carbocycles. The van der Waals surface area contributed by atoms with Crippen LogP contribution in [0.1, 0.15) is 46.0 Å². The van der Waals surface area contributed by atoms with Crippen molar-refractivity contribution in [2.45, 2.75) is 46.0 Å². The van der Waals surface area contributed by atoms with Crippen molar-refractivity contribution in [1.82, 2.24) is 4.72 Å². The fourth-order valence-corrected chi connectivity index (χ4v) is 3.29. The van der Waals surface area contributed by atoms with Crippen molar-refractivity contribution in [3.05, 3.63) is 0 Å². The molecule has 1 saturated carbocycles. The van der Waals surface area contributed by atoms with Crippen molar-refractivity contribution in [3.8, 4) is 0 Å². The molecule has 0 radical (unpaired) electrons. The SMILES string of the molecule is CCCS(=O)(=O)NCC1CCC(C)CC1. The maximum absolute atomic E-state index is 11.4. The van der Waals surface area contributed by atoms with E-state index in [1.807, 2.05) is 6.92 Å². The Morgan fingerprint density at radius 1 is 1.20 bits per heavy atom. The van der Waals surface area contributed by atoms with Crippen LogP contribution >= 0.6 is 0 Å². The van der Waals surface area contributed by atoms with Gasteiger partial charge in [-0.2, -0.15) is 0 Å². The van der Waals surface area contributed by atoms with E-state index >= 15 is 0 Å². The van der Waals surface area contributed by atoms with Crippen LogP contribution in [0.3, 0.4) is 0 Å². The van der Waals surface area contributed by atoms with Gasteiger partial charge in [-0.1, -0.05) is 26.7 Å². The third-order valence-electron chi connectivity index (χ3n) is 3.20. The standard InChI is InChI=1S/C11H23NO2S/c1-3-8-15(13,14)12-9-11-6-4-10(2)5-7-11/h10-12H,3-9H2,1-2H3. The largest absolute Gasteiger partial charge is 0.215 e. The molecule has 0 aromatic rings. The first-order valence-corrected chi connectivity index (χ1v) is 7.66. The van der Waals surface area contributed by atoms with E-state index < -0.39 is 10.0 Å². The van der Waals surface area contributed by atoms with Gasteiger partial charge in [0, 0.05) is 6.54 Å². The average molecular weight is 233 g/mol. The van der Waals surface area contributed by atoms with Crippen LogP contribution in [0.2, 0.25) is 0 Å². The predicted octanol–water partition coefficient (Wildman–Crippen LogP) is 2.14. The van der Waals surface area contributed by atoms with E-state index in [4.69, 9.17) is 0 Å². The van der Waals surface area contributed by atoms with Crippen molar-refractivity contribution in [2.75, 3.05) is 12.3 Å². The lowest BCUT2D eigenvalue weighted by atomic mass is 9.83. The lowest BCUT2D eigenvalue weighted by Crippen LogP contribution is -2.32. The van der Waals surface area contributed by atoms with Gasteiger partial charge in [-0.3, -0.25) is 0 Å². The van der Waals surface area contributed by atoms with E-state index in [0.717, 1.165) is 5.92 Å². The molecule has 1 rings (SSSR count). The monoisotopic (exact) mass is 233 g/mol. The van der Waals surface area contributed by atoms with Crippen LogP contribution in [0.5, 0.6) is 0 Å². The van der Waals surface area contributed by atoms with Crippen LogP contribution in [0.4, 0.5) is 0 Å². The van der Waals surface area contributed by atoms with Crippen LogP contribution in [0.25, 0.3) is 0 Å². The van der Waals surface area contributed by atoms with Gasteiger partial charge in [0.1, 0.15) is 0 Å². The zero-order valence-corrected chi connectivity index (χ0v) is 10.6. The third-order valence-corrected chi connectivity index (χ3v) is 4.75. The predicted molar refractivity (Wildman–Crippen MR) is 63.2 cm³/mol. The molecule has 3 nitrogen and oxygen atoms in total. The minimum atomic E-state index is -2.99. The summed E-state index contributed by atoms with van der Waals surface area (Å²) in [5, 5.41) is 0. The molecule has 0 aromatic carbocycles. The van der Waals surface area contributed by atoms with E-state index in [1.54, 1.807) is 0 Å². The number of nitrogens with one attached hydrogen (secondary N) is 1. The fourth-order valence-electron chi connectivity index (χ4n) is 2.12. The van der Waals surface area contributed by atoms with Gasteiger partial charge in [0.15, 0.2) is 0 Å². The Morgan fingerprint density at radius 2 is 1.80 bits per heavy atom. The second-order valence-electron chi connectivity index (χ2n) is 4.79. The van der Waals surface area contributed by atoms with Crippen molar-refractivity contribution in [2.24, 2.45) is 11.8 Å². The van der Waals surface area contributed by atoms with E-state index in [0.29, 0.717) is 18.9 Å². The van der Waals surface area contributed by atoms with Crippen LogP contribution in [0.15, 0.2) is 0 Å². The zero-order valence-electron chi connectivity index (χ0n) is 9.83. The Balaban J connectivity index is 2.25. The van der Waals surface area contributed by atoms with Gasteiger partial charge in [0.05, 0.1) is 5.75 Å². The summed E-state index contributed by atoms with van der Waals surface area (Å²) in [5.74, 6) is 1.65. The first-order chi connectivity index (χ1) is 7.03. The fraction of sp³-hybridized carbons (Fsp3) is 1.00. The topological polar surface area (TPSA) is 46.2 Å². The molecule has 0 aliphatic heterocycles. The second kappa shape index (κ2) is 5.85. The normalized spacial score (nSPS) is 27.9. The first-order valence-electron chi connectivity index (χ1n) is 6.01. The van der Waals surface area contributed by atoms with E-state index in [1.165, 1.54) is 25.7 Å². The summed E-state index contributed by atoms with van der Waals surface area (Å²) >= 11 is 0. The molecule has 0 heterocycles. The number of hydrogen-bond donors (Lipinski definition) is 1. The summed E-state index contributed by atoms with van der Waals surface area (Å²) in [4.78, 5) is 0. The highest BCUT2D eigenvalue weighted by Gasteiger charge is 2.19. The Kier molecular flexibility index (Phi) is 5.06. The molecular weight excluding hydrogens is 210 g/mol. The molecule has 1 N–H and O–H groups in total. The Morgan fingerprint density at radius 3 is 2.33 bits per heavy atom. The lowest BCUT2D eigenvalue weighted by molar-refractivity contribution is 0.290. The van der Waals surface area contributed by atoms with Crippen LogP contribution in [-0.4, -0.2) is 20.7 Å². The van der Waals surface area contributed by atoms with Gasteiger partial charge >= 0.3 is 0 Å². The van der Waals surface area contributed by atoms with Crippen LogP contribution in [0, 0.1) is 11.8 Å². The molecule has 1 aliphatic rings. The summed E-state index contributed by atoms with van der Waals surface area (Å²) in [6, 6.07) is 0. The molecule has 0 atom stereocenters. The summed E-state index contributed by atoms with van der Waals surface area (Å²) in [7, 11) is -2.99. The quantitative estimate of drug-likeness (QED) is 0.791. The van der Waals surface area contributed by atoms with Gasteiger partial charge in [0.2, 0.25) is 10.0 Å². The second-order valence-corrected chi connectivity index (χ2v) is 6.72. The molecule has 0 saturated heterocycles. The maximum atomic E-state index is 11.4. The highest BCUT2D eigenvalue weighted by atomic mass is 32.2. The summed E-state index contributed by atoms with van der Waals surface area (Å²) in [6.07, 6.45) is 5.54. The average Bonchev–Trinajstić information content (AvgIpc) is 2.17. The van der Waals surface area contributed by atoms with Crippen molar-refractivity contribution < 1.29 is 8.42 Å². The van der Waals surface area contributed by atoms with Crippen molar-refractivity contribution in [1.29, 1.82) is 0 Å². The van der Waals surface area contributed by atoms with Crippen molar-refractivity contribution in [3.63, 3.8) is 0 Å². The van der Waals surface area contributed by atoms with Gasteiger partial charge in [0.25, 0.3) is 0 Å². The molecule has 15 heavy (non-hydrogen) atoms. The van der Waals surface area contributed by atoms with Crippen LogP contribution in [-0.2, 0) is 10.0 Å². The zero-order chi connectivity index (χ0) is 11.3. The van der Waals surface area contributed by atoms with Gasteiger partial charge in [-0.15, -0.1) is 0 Å². The van der Waals surface area contributed by atoms with Crippen LogP contribution < -0.4 is 4.72 Å². The summed E-state index contributed by atoms with van der Waals surface area (Å²) in [5.41, 5.74) is 0. The van der Waals surface area contributed by atoms with E-state index in [2.05, 4.69) is 11.6 Å². The van der Waals surface area contributed by atoms with E-state index in [9.17, 15) is 8.42 Å². The summed E-state index contributed by atoms with van der Waals surface area (Å²) in [6.45, 7) is 4.81. The number of rotatable bonds is 5. The Bertz CT molecular complexity index is 266. The molecule has 0 amide bonds. The molecule has 0 aromatic heterocycles. The third kappa shape index (κ3) is 4.98. The smallest absolute Gasteiger partial charge is 0.211 e. The highest BCUT2D eigenvalue weighted by molar-refractivity contribution is 7.89. The molecule has 90 valence electrons. The van der Waals surface area contributed by atoms with E-state index in [-0.39, 0.29) is 5.75 Å². The Hall–Kier alpha value is -0.0900. The minimum absolute atomic E-state index is 0.260. The first kappa shape index (κ1) is 13.0. The number of sulfonamides is 1. The van der Waals surface area contributed by atoms with Crippen molar-refractivity contribution >= 4 is 10.0 Å². The molecule has 1 fully saturated rings. The Labute approximate surface area is 93.7 Å². The molecule has 0 bridgehead atoms. The minimum Gasteiger partial charge on any atom is -0.215 e.